The molecule has 2 rings (SSSR count). The molecule has 1 aromatic heterocycles. The van der Waals surface area contributed by atoms with Crippen molar-refractivity contribution in [2.24, 2.45) is 5.92 Å². The molecule has 0 spiro atoms. The molecule has 1 aliphatic carbocycles. The fourth-order valence-electron chi connectivity index (χ4n) is 2.86. The fourth-order valence-corrected chi connectivity index (χ4v) is 3.76. The van der Waals surface area contributed by atoms with Gasteiger partial charge in [0.2, 0.25) is 0 Å². The molecule has 1 N–H and O–H groups in total. The standard InChI is InChI=1S/C13H23N3S/c1-3-11-13(17-16-15-11)12(14-4-2)10-8-6-5-7-9-10/h10,12,14H,3-9H2,1-2H3. The molecule has 1 aliphatic rings. The Hall–Kier alpha value is -0.480. The van der Waals surface area contributed by atoms with Crippen molar-refractivity contribution < 1.29 is 0 Å². The van der Waals surface area contributed by atoms with Crippen LogP contribution in [0.5, 0.6) is 0 Å². The van der Waals surface area contributed by atoms with Crippen molar-refractivity contribution in [3.8, 4) is 0 Å². The Bertz CT molecular complexity index is 331. The second-order valence-electron chi connectivity index (χ2n) is 4.87. The van der Waals surface area contributed by atoms with Crippen LogP contribution in [-0.4, -0.2) is 16.1 Å². The molecule has 0 aliphatic heterocycles. The number of hydrogen-bond acceptors (Lipinski definition) is 4. The molecule has 1 atom stereocenters. The largest absolute Gasteiger partial charge is 0.309 e. The number of aromatic nitrogens is 2. The van der Waals surface area contributed by atoms with E-state index in [0.29, 0.717) is 6.04 Å². The lowest BCUT2D eigenvalue weighted by molar-refractivity contribution is 0.276. The maximum atomic E-state index is 4.26. The smallest absolute Gasteiger partial charge is 0.0801 e. The van der Waals surface area contributed by atoms with Crippen molar-refractivity contribution in [1.82, 2.24) is 14.9 Å². The molecule has 0 saturated heterocycles. The summed E-state index contributed by atoms with van der Waals surface area (Å²) < 4.78 is 4.14. The van der Waals surface area contributed by atoms with Crippen molar-refractivity contribution in [1.29, 1.82) is 0 Å². The zero-order valence-electron chi connectivity index (χ0n) is 10.9. The second-order valence-corrected chi connectivity index (χ2v) is 5.66. The molecule has 3 nitrogen and oxygen atoms in total. The van der Waals surface area contributed by atoms with Crippen LogP contribution in [0.25, 0.3) is 0 Å². The zero-order chi connectivity index (χ0) is 12.1. The van der Waals surface area contributed by atoms with Crippen LogP contribution in [0.4, 0.5) is 0 Å². The summed E-state index contributed by atoms with van der Waals surface area (Å²) in [5.41, 5.74) is 1.20. The van der Waals surface area contributed by atoms with Gasteiger partial charge in [0, 0.05) is 6.04 Å². The number of nitrogens with zero attached hydrogens (tertiary/aromatic N) is 2. The van der Waals surface area contributed by atoms with E-state index in [0.717, 1.165) is 18.9 Å². The van der Waals surface area contributed by atoms with Crippen molar-refractivity contribution >= 4 is 11.5 Å². The first-order chi connectivity index (χ1) is 8.36. The van der Waals surface area contributed by atoms with E-state index < -0.39 is 0 Å². The molecule has 1 fully saturated rings. The highest BCUT2D eigenvalue weighted by atomic mass is 32.1. The Kier molecular flexibility index (Phi) is 4.92. The Balaban J connectivity index is 2.15. The van der Waals surface area contributed by atoms with Crippen LogP contribution in [0, 0.1) is 5.92 Å². The van der Waals surface area contributed by atoms with E-state index in [1.807, 2.05) is 0 Å². The summed E-state index contributed by atoms with van der Waals surface area (Å²) in [5, 5.41) is 7.92. The van der Waals surface area contributed by atoms with Gasteiger partial charge in [-0.3, -0.25) is 0 Å². The van der Waals surface area contributed by atoms with Crippen LogP contribution in [0.2, 0.25) is 0 Å². The Morgan fingerprint density at radius 1 is 1.29 bits per heavy atom. The molecule has 1 heterocycles. The molecule has 96 valence electrons. The normalized spacial score (nSPS) is 19.4. The third kappa shape index (κ3) is 3.05. The van der Waals surface area contributed by atoms with E-state index >= 15 is 0 Å². The van der Waals surface area contributed by atoms with Crippen molar-refractivity contribution in [2.75, 3.05) is 6.54 Å². The molecule has 4 heteroatoms. The Morgan fingerprint density at radius 2 is 2.06 bits per heavy atom. The number of hydrogen-bond donors (Lipinski definition) is 1. The molecular weight excluding hydrogens is 230 g/mol. The first-order valence-corrected chi connectivity index (χ1v) is 7.68. The van der Waals surface area contributed by atoms with E-state index in [1.54, 1.807) is 11.5 Å². The lowest BCUT2D eigenvalue weighted by atomic mass is 9.83. The maximum Gasteiger partial charge on any atom is 0.0801 e. The third-order valence-electron chi connectivity index (χ3n) is 3.75. The number of aryl methyl sites for hydroxylation is 1. The minimum atomic E-state index is 0.496. The van der Waals surface area contributed by atoms with Gasteiger partial charge < -0.3 is 5.32 Å². The summed E-state index contributed by atoms with van der Waals surface area (Å²) in [6, 6.07) is 0.496. The van der Waals surface area contributed by atoms with Gasteiger partial charge in [-0.15, -0.1) is 5.10 Å². The van der Waals surface area contributed by atoms with Gasteiger partial charge >= 0.3 is 0 Å². The number of rotatable bonds is 5. The van der Waals surface area contributed by atoms with Gasteiger partial charge in [-0.2, -0.15) is 0 Å². The molecule has 0 radical (unpaired) electrons. The van der Waals surface area contributed by atoms with Crippen LogP contribution >= 0.6 is 11.5 Å². The quantitative estimate of drug-likeness (QED) is 0.874. The maximum absolute atomic E-state index is 4.26. The average Bonchev–Trinajstić information content (AvgIpc) is 2.85. The summed E-state index contributed by atoms with van der Waals surface area (Å²) in [6.07, 6.45) is 7.91. The van der Waals surface area contributed by atoms with Gasteiger partial charge in [0.25, 0.3) is 0 Å². The average molecular weight is 253 g/mol. The first-order valence-electron chi connectivity index (χ1n) is 6.91. The topological polar surface area (TPSA) is 37.8 Å². The molecule has 17 heavy (non-hydrogen) atoms. The summed E-state index contributed by atoms with van der Waals surface area (Å²) >= 11 is 1.59. The van der Waals surface area contributed by atoms with Gasteiger partial charge in [-0.1, -0.05) is 37.6 Å². The molecule has 0 aromatic carbocycles. The van der Waals surface area contributed by atoms with Crippen LogP contribution in [0.1, 0.15) is 62.6 Å². The van der Waals surface area contributed by atoms with Gasteiger partial charge in [0.15, 0.2) is 0 Å². The number of nitrogens with one attached hydrogen (secondary N) is 1. The van der Waals surface area contributed by atoms with E-state index in [4.69, 9.17) is 0 Å². The highest BCUT2D eigenvalue weighted by Crippen LogP contribution is 2.36. The van der Waals surface area contributed by atoms with Crippen molar-refractivity contribution in [2.45, 2.75) is 58.4 Å². The molecule has 1 saturated carbocycles. The summed E-state index contributed by atoms with van der Waals surface area (Å²) in [4.78, 5) is 1.39. The zero-order valence-corrected chi connectivity index (χ0v) is 11.7. The minimum absolute atomic E-state index is 0.496. The minimum Gasteiger partial charge on any atom is -0.309 e. The lowest BCUT2D eigenvalue weighted by Crippen LogP contribution is -2.29. The van der Waals surface area contributed by atoms with Gasteiger partial charge in [0.05, 0.1) is 10.6 Å². The molecule has 1 aromatic rings. The first kappa shape index (κ1) is 13.0. The lowest BCUT2D eigenvalue weighted by Gasteiger charge is -2.30. The third-order valence-corrected chi connectivity index (χ3v) is 4.60. The van der Waals surface area contributed by atoms with E-state index in [-0.39, 0.29) is 0 Å². The van der Waals surface area contributed by atoms with E-state index in [9.17, 15) is 0 Å². The molecule has 0 amide bonds. The van der Waals surface area contributed by atoms with Crippen LogP contribution < -0.4 is 5.32 Å². The predicted octanol–water partition coefficient (Wildman–Crippen LogP) is 3.33. The van der Waals surface area contributed by atoms with E-state index in [2.05, 4.69) is 28.8 Å². The Labute approximate surface area is 108 Å². The Morgan fingerprint density at radius 3 is 2.71 bits per heavy atom. The second kappa shape index (κ2) is 6.45. The van der Waals surface area contributed by atoms with Gasteiger partial charge in [-0.25, -0.2) is 0 Å². The van der Waals surface area contributed by atoms with Crippen molar-refractivity contribution in [3.05, 3.63) is 10.6 Å². The molecule has 1 unspecified atom stereocenters. The van der Waals surface area contributed by atoms with Crippen molar-refractivity contribution in [3.63, 3.8) is 0 Å². The van der Waals surface area contributed by atoms with Gasteiger partial charge in [-0.05, 0) is 43.3 Å². The monoisotopic (exact) mass is 253 g/mol. The highest BCUT2D eigenvalue weighted by molar-refractivity contribution is 7.05. The van der Waals surface area contributed by atoms with Crippen LogP contribution in [0.15, 0.2) is 0 Å². The van der Waals surface area contributed by atoms with E-state index in [1.165, 1.54) is 42.7 Å². The summed E-state index contributed by atoms with van der Waals surface area (Å²) in [6.45, 7) is 5.39. The van der Waals surface area contributed by atoms with Crippen LogP contribution in [-0.2, 0) is 6.42 Å². The molecule has 0 bridgehead atoms. The SMILES string of the molecule is CCNC(c1snnc1CC)C1CCCCC1. The van der Waals surface area contributed by atoms with Crippen LogP contribution in [0.3, 0.4) is 0 Å². The highest BCUT2D eigenvalue weighted by Gasteiger charge is 2.27. The summed E-state index contributed by atoms with van der Waals surface area (Å²) in [7, 11) is 0. The van der Waals surface area contributed by atoms with Gasteiger partial charge in [0.1, 0.15) is 0 Å². The molecular formula is C13H23N3S. The summed E-state index contributed by atoms with van der Waals surface area (Å²) in [5.74, 6) is 0.788. The predicted molar refractivity (Wildman–Crippen MR) is 72.3 cm³/mol. The fraction of sp³-hybridized carbons (Fsp3) is 0.846.